The van der Waals surface area contributed by atoms with Crippen molar-refractivity contribution in [1.29, 1.82) is 0 Å². The number of hydrogen-bond acceptors (Lipinski definition) is 5. The molecule has 1 aromatic carbocycles. The maximum absolute atomic E-state index is 11.7. The third-order valence-corrected chi connectivity index (χ3v) is 3.63. The summed E-state index contributed by atoms with van der Waals surface area (Å²) < 4.78 is 32.4. The minimum absolute atomic E-state index is 0.0607. The Morgan fingerprint density at radius 3 is 2.53 bits per heavy atom. The zero-order valence-electron chi connectivity index (χ0n) is 8.63. The molecule has 0 bridgehead atoms. The Morgan fingerprint density at radius 2 is 2.00 bits per heavy atom. The molecule has 0 N–H and O–H groups in total. The van der Waals surface area contributed by atoms with E-state index in [1.54, 1.807) is 6.07 Å². The van der Waals surface area contributed by atoms with Crippen LogP contribution in [0.2, 0.25) is 0 Å². The second-order valence-corrected chi connectivity index (χ2v) is 6.03. The van der Waals surface area contributed by atoms with Crippen LogP contribution in [0, 0.1) is 0 Å². The van der Waals surface area contributed by atoms with Crippen LogP contribution < -0.4 is 0 Å². The highest BCUT2D eigenvalue weighted by molar-refractivity contribution is 8.13. The lowest BCUT2D eigenvalue weighted by Gasteiger charge is -2.25. The first-order valence-electron chi connectivity index (χ1n) is 4.81. The highest BCUT2D eigenvalue weighted by Crippen LogP contribution is 2.21. The predicted octanol–water partition coefficient (Wildman–Crippen LogP) is 1.17. The average Bonchev–Trinajstić information content (AvgIpc) is 2.22. The van der Waals surface area contributed by atoms with Gasteiger partial charge in [0.25, 0.3) is 9.05 Å². The first-order chi connectivity index (χ1) is 7.98. The van der Waals surface area contributed by atoms with Gasteiger partial charge in [-0.1, -0.05) is 12.1 Å². The summed E-state index contributed by atoms with van der Waals surface area (Å²) in [5.41, 5.74) is -0.0607. The largest absolute Gasteiger partial charge is 0.454 e. The molecule has 0 amide bonds. The van der Waals surface area contributed by atoms with Gasteiger partial charge in [0.1, 0.15) is 6.10 Å². The summed E-state index contributed by atoms with van der Waals surface area (Å²) in [6.45, 7) is 0.670. The Balaban J connectivity index is 2.28. The van der Waals surface area contributed by atoms with Crippen molar-refractivity contribution in [3.63, 3.8) is 0 Å². The fourth-order valence-corrected chi connectivity index (χ4v) is 2.40. The number of halogens is 1. The number of hydrogen-bond donors (Lipinski definition) is 0. The van der Waals surface area contributed by atoms with E-state index in [1.807, 2.05) is 0 Å². The third kappa shape index (κ3) is 2.77. The Labute approximate surface area is 103 Å². The van der Waals surface area contributed by atoms with Crippen LogP contribution in [0.3, 0.4) is 0 Å². The molecule has 17 heavy (non-hydrogen) atoms. The molecule has 1 fully saturated rings. The molecule has 0 unspecified atom stereocenters. The number of rotatable bonds is 3. The van der Waals surface area contributed by atoms with Crippen LogP contribution >= 0.6 is 10.7 Å². The van der Waals surface area contributed by atoms with Crippen LogP contribution in [0.1, 0.15) is 10.4 Å². The fraction of sp³-hybridized carbons (Fsp3) is 0.300. The van der Waals surface area contributed by atoms with Crippen LogP contribution in [0.25, 0.3) is 0 Å². The summed E-state index contributed by atoms with van der Waals surface area (Å²) in [6.07, 6.45) is -0.311. The number of benzene rings is 1. The zero-order valence-corrected chi connectivity index (χ0v) is 10.2. The Hall–Kier alpha value is -1.11. The minimum Gasteiger partial charge on any atom is -0.454 e. The molecule has 5 nitrogen and oxygen atoms in total. The van der Waals surface area contributed by atoms with E-state index >= 15 is 0 Å². The van der Waals surface area contributed by atoms with Crippen molar-refractivity contribution in [2.24, 2.45) is 0 Å². The van der Waals surface area contributed by atoms with Gasteiger partial charge in [-0.15, -0.1) is 0 Å². The molecule has 0 spiro atoms. The molecule has 1 aromatic rings. The maximum Gasteiger partial charge on any atom is 0.339 e. The molecule has 0 aromatic heterocycles. The van der Waals surface area contributed by atoms with E-state index in [0.717, 1.165) is 0 Å². The molecule has 0 radical (unpaired) electrons. The topological polar surface area (TPSA) is 69.7 Å². The van der Waals surface area contributed by atoms with Gasteiger partial charge in [-0.3, -0.25) is 0 Å². The van der Waals surface area contributed by atoms with Gasteiger partial charge in [0.2, 0.25) is 0 Å². The molecule has 1 aliphatic rings. The Morgan fingerprint density at radius 1 is 1.35 bits per heavy atom. The van der Waals surface area contributed by atoms with Gasteiger partial charge in [-0.05, 0) is 12.1 Å². The van der Waals surface area contributed by atoms with Gasteiger partial charge in [0.15, 0.2) is 0 Å². The van der Waals surface area contributed by atoms with Gasteiger partial charge >= 0.3 is 5.97 Å². The summed E-state index contributed by atoms with van der Waals surface area (Å²) >= 11 is 0. The molecule has 0 atom stereocenters. The summed E-state index contributed by atoms with van der Waals surface area (Å²) in [5.74, 6) is -0.710. The van der Waals surface area contributed by atoms with Crippen molar-refractivity contribution < 1.29 is 22.7 Å². The first-order valence-corrected chi connectivity index (χ1v) is 7.12. The summed E-state index contributed by atoms with van der Waals surface area (Å²) in [6, 6.07) is 5.64. The summed E-state index contributed by atoms with van der Waals surface area (Å²) in [4.78, 5) is 11.5. The number of ether oxygens (including phenoxy) is 2. The smallest absolute Gasteiger partial charge is 0.339 e. The second kappa shape index (κ2) is 4.64. The van der Waals surface area contributed by atoms with E-state index < -0.39 is 15.0 Å². The predicted molar refractivity (Wildman–Crippen MR) is 59.5 cm³/mol. The molecular weight excluding hydrogens is 268 g/mol. The molecule has 1 heterocycles. The standard InChI is InChI=1S/C10H9ClO5S/c11-17(13,14)9-4-2-1-3-8(9)10(12)16-7-5-15-6-7/h1-4,7H,5-6H2. The molecule has 0 saturated carbocycles. The summed E-state index contributed by atoms with van der Waals surface area (Å²) in [7, 11) is 1.27. The quantitative estimate of drug-likeness (QED) is 0.612. The van der Waals surface area contributed by atoms with Crippen LogP contribution in [0.15, 0.2) is 29.2 Å². The van der Waals surface area contributed by atoms with Crippen molar-refractivity contribution in [3.8, 4) is 0 Å². The van der Waals surface area contributed by atoms with Gasteiger partial charge in [-0.25, -0.2) is 13.2 Å². The van der Waals surface area contributed by atoms with E-state index in [0.29, 0.717) is 13.2 Å². The fourth-order valence-electron chi connectivity index (χ4n) is 1.34. The first kappa shape index (κ1) is 12.3. The summed E-state index contributed by atoms with van der Waals surface area (Å²) in [5, 5.41) is 0. The number of carbonyl (C=O) groups excluding carboxylic acids is 1. The zero-order chi connectivity index (χ0) is 12.5. The molecular formula is C10H9ClO5S. The average molecular weight is 277 g/mol. The Kier molecular flexibility index (Phi) is 3.37. The van der Waals surface area contributed by atoms with Crippen molar-refractivity contribution in [2.75, 3.05) is 13.2 Å². The van der Waals surface area contributed by atoms with E-state index in [2.05, 4.69) is 0 Å². The monoisotopic (exact) mass is 276 g/mol. The van der Waals surface area contributed by atoms with Crippen LogP contribution in [0.5, 0.6) is 0 Å². The lowest BCUT2D eigenvalue weighted by atomic mass is 10.2. The highest BCUT2D eigenvalue weighted by Gasteiger charge is 2.26. The van der Waals surface area contributed by atoms with Crippen LogP contribution in [0.4, 0.5) is 0 Å². The molecule has 1 saturated heterocycles. The van der Waals surface area contributed by atoms with E-state index in [1.165, 1.54) is 18.2 Å². The SMILES string of the molecule is O=C(OC1COC1)c1ccccc1S(=O)(=O)Cl. The van der Waals surface area contributed by atoms with Crippen molar-refractivity contribution in [1.82, 2.24) is 0 Å². The number of carbonyl (C=O) groups is 1. The highest BCUT2D eigenvalue weighted by atomic mass is 35.7. The molecule has 0 aliphatic carbocycles. The normalized spacial score (nSPS) is 16.3. The van der Waals surface area contributed by atoms with E-state index in [9.17, 15) is 13.2 Å². The maximum atomic E-state index is 11.7. The van der Waals surface area contributed by atoms with Crippen molar-refractivity contribution in [3.05, 3.63) is 29.8 Å². The van der Waals surface area contributed by atoms with E-state index in [4.69, 9.17) is 20.2 Å². The Bertz CT molecular complexity index is 535. The lowest BCUT2D eigenvalue weighted by Crippen LogP contribution is -2.38. The second-order valence-electron chi connectivity index (χ2n) is 3.50. The van der Waals surface area contributed by atoms with Crippen LogP contribution in [-0.2, 0) is 18.5 Å². The molecule has 92 valence electrons. The van der Waals surface area contributed by atoms with Crippen molar-refractivity contribution >= 4 is 25.7 Å². The van der Waals surface area contributed by atoms with E-state index in [-0.39, 0.29) is 16.6 Å². The van der Waals surface area contributed by atoms with Gasteiger partial charge in [0, 0.05) is 10.7 Å². The van der Waals surface area contributed by atoms with Gasteiger partial charge < -0.3 is 9.47 Å². The van der Waals surface area contributed by atoms with Gasteiger partial charge in [0.05, 0.1) is 23.7 Å². The third-order valence-electron chi connectivity index (χ3n) is 2.25. The number of esters is 1. The molecule has 7 heteroatoms. The molecule has 2 rings (SSSR count). The van der Waals surface area contributed by atoms with Crippen molar-refractivity contribution in [2.45, 2.75) is 11.0 Å². The molecule has 1 aliphatic heterocycles. The van der Waals surface area contributed by atoms with Crippen LogP contribution in [-0.4, -0.2) is 33.7 Å². The minimum atomic E-state index is -3.96. The lowest BCUT2D eigenvalue weighted by molar-refractivity contribution is -0.103. The van der Waals surface area contributed by atoms with Gasteiger partial charge in [-0.2, -0.15) is 0 Å².